The van der Waals surface area contributed by atoms with Crippen molar-refractivity contribution in [1.82, 2.24) is 4.90 Å². The van der Waals surface area contributed by atoms with Crippen molar-refractivity contribution in [2.45, 2.75) is 43.7 Å². The van der Waals surface area contributed by atoms with Gasteiger partial charge in [-0.1, -0.05) is 30.3 Å². The smallest absolute Gasteiger partial charge is 0.231 e. The molecule has 3 aliphatic rings. The van der Waals surface area contributed by atoms with Gasteiger partial charge >= 0.3 is 0 Å². The first-order valence-electron chi connectivity index (χ1n) is 14.4. The first kappa shape index (κ1) is 26.8. The number of fused-ring (bicyclic) bond motifs is 5. The maximum Gasteiger partial charge on any atom is 0.231 e. The molecule has 0 saturated carbocycles. The highest BCUT2D eigenvalue weighted by atomic mass is 19.1. The molecule has 2 unspecified atom stereocenters. The lowest BCUT2D eigenvalue weighted by molar-refractivity contribution is 0.125. The Kier molecular flexibility index (Phi) is 6.98. The highest BCUT2D eigenvalue weighted by Crippen LogP contribution is 2.53. The van der Waals surface area contributed by atoms with E-state index in [0.717, 1.165) is 72.0 Å². The number of methoxy groups -OCH3 is 2. The molecule has 0 radical (unpaired) electrons. The largest absolute Gasteiger partial charge is 0.493 e. The van der Waals surface area contributed by atoms with Gasteiger partial charge in [0.05, 0.1) is 14.2 Å². The van der Waals surface area contributed by atoms with Crippen molar-refractivity contribution >= 4 is 0 Å². The average molecular weight is 570 g/mol. The van der Waals surface area contributed by atoms with E-state index in [1.54, 1.807) is 14.2 Å². The van der Waals surface area contributed by atoms with Crippen LogP contribution in [0.2, 0.25) is 0 Å². The molecular weight excluding hydrogens is 536 g/mol. The Labute approximate surface area is 244 Å². The van der Waals surface area contributed by atoms with Crippen molar-refractivity contribution in [2.24, 2.45) is 0 Å². The van der Waals surface area contributed by atoms with E-state index in [1.165, 1.54) is 41.0 Å². The monoisotopic (exact) mass is 569 g/mol. The van der Waals surface area contributed by atoms with Gasteiger partial charge in [-0.2, -0.15) is 0 Å². The third-order valence-electron chi connectivity index (χ3n) is 9.15. The average Bonchev–Trinajstić information content (AvgIpc) is 3.48. The van der Waals surface area contributed by atoms with Crippen LogP contribution >= 0.6 is 0 Å². The summed E-state index contributed by atoms with van der Waals surface area (Å²) in [6.45, 7) is 1.91. The molecule has 4 aromatic carbocycles. The van der Waals surface area contributed by atoms with E-state index in [0.29, 0.717) is 0 Å². The number of rotatable bonds is 7. The predicted octanol–water partition coefficient (Wildman–Crippen LogP) is 7.52. The molecule has 216 valence electrons. The van der Waals surface area contributed by atoms with Gasteiger partial charge in [-0.3, -0.25) is 4.90 Å². The second-order valence-electron chi connectivity index (χ2n) is 11.3. The Morgan fingerprint density at radius 3 is 2.14 bits per heavy atom. The summed E-state index contributed by atoms with van der Waals surface area (Å²) < 4.78 is 50.9. The van der Waals surface area contributed by atoms with Crippen molar-refractivity contribution in [3.8, 4) is 23.0 Å². The maximum absolute atomic E-state index is 13.9. The fourth-order valence-electron chi connectivity index (χ4n) is 7.21. The molecule has 0 fully saturated rings. The summed E-state index contributed by atoms with van der Waals surface area (Å²) in [5, 5.41) is 0. The highest BCUT2D eigenvalue weighted by Gasteiger charge is 2.42. The topological polar surface area (TPSA) is 40.2 Å². The minimum atomic E-state index is -0.271. The van der Waals surface area contributed by atoms with E-state index in [-0.39, 0.29) is 36.3 Å². The molecule has 3 aliphatic heterocycles. The number of halogens is 2. The summed E-state index contributed by atoms with van der Waals surface area (Å²) in [5.41, 5.74) is 6.99. The molecule has 7 rings (SSSR count). The first-order valence-corrected chi connectivity index (χ1v) is 14.4. The maximum atomic E-state index is 13.9. The van der Waals surface area contributed by atoms with Gasteiger partial charge in [0.2, 0.25) is 6.79 Å². The van der Waals surface area contributed by atoms with Gasteiger partial charge in [-0.05, 0) is 89.5 Å². The molecule has 0 saturated heterocycles. The summed E-state index contributed by atoms with van der Waals surface area (Å²) >= 11 is 0. The van der Waals surface area contributed by atoms with Crippen molar-refractivity contribution in [3.05, 3.63) is 118 Å². The standard InChI is InChI=1S/C35H33F2NO4/c1-39-31-14-13-27-28(12-11-26(21-3-7-24(36)8-4-21)22-5-9-25(37)10-6-22)34-29-18-33-32(41-20-42-33)17-23(29)15-16-38(34)19-30(27)35(31)40-2/h3-10,13-14,17-18,26,28,34H,11-12,15-16,19-20H2,1-2H3. The molecule has 0 bridgehead atoms. The van der Waals surface area contributed by atoms with Crippen LogP contribution in [0.3, 0.4) is 0 Å². The summed E-state index contributed by atoms with van der Waals surface area (Å²) in [7, 11) is 3.37. The van der Waals surface area contributed by atoms with Crippen molar-refractivity contribution in [3.63, 3.8) is 0 Å². The number of benzene rings is 4. The van der Waals surface area contributed by atoms with Gasteiger partial charge in [0, 0.05) is 36.5 Å². The van der Waals surface area contributed by atoms with Crippen molar-refractivity contribution in [2.75, 3.05) is 27.6 Å². The molecular formula is C35H33F2NO4. The van der Waals surface area contributed by atoms with Gasteiger partial charge in [0.15, 0.2) is 23.0 Å². The molecule has 0 amide bonds. The van der Waals surface area contributed by atoms with E-state index < -0.39 is 0 Å². The molecule has 3 heterocycles. The lowest BCUT2D eigenvalue weighted by Crippen LogP contribution is -2.42. The quantitative estimate of drug-likeness (QED) is 0.230. The number of ether oxygens (including phenoxy) is 4. The van der Waals surface area contributed by atoms with Crippen molar-refractivity contribution in [1.29, 1.82) is 0 Å². The molecule has 42 heavy (non-hydrogen) atoms. The Morgan fingerprint density at radius 2 is 1.50 bits per heavy atom. The minimum absolute atomic E-state index is 0.0232. The summed E-state index contributed by atoms with van der Waals surface area (Å²) in [6, 6.07) is 22.0. The zero-order valence-corrected chi connectivity index (χ0v) is 23.7. The van der Waals surface area contributed by atoms with Gasteiger partial charge in [0.25, 0.3) is 0 Å². The molecule has 0 aliphatic carbocycles. The Morgan fingerprint density at radius 1 is 0.833 bits per heavy atom. The van der Waals surface area contributed by atoms with Gasteiger partial charge in [0.1, 0.15) is 11.6 Å². The summed E-state index contributed by atoms with van der Waals surface area (Å²) in [4.78, 5) is 2.55. The Bertz CT molecular complexity index is 1560. The van der Waals surface area contributed by atoms with Crippen LogP contribution in [0.1, 0.15) is 64.1 Å². The zero-order chi connectivity index (χ0) is 28.8. The second-order valence-corrected chi connectivity index (χ2v) is 11.3. The first-order chi connectivity index (χ1) is 20.5. The lowest BCUT2D eigenvalue weighted by atomic mass is 9.72. The van der Waals surface area contributed by atoms with Crippen LogP contribution in [0, 0.1) is 11.6 Å². The van der Waals surface area contributed by atoms with Crippen LogP contribution in [-0.2, 0) is 13.0 Å². The predicted molar refractivity (Wildman–Crippen MR) is 156 cm³/mol. The van der Waals surface area contributed by atoms with Crippen LogP contribution in [0.5, 0.6) is 23.0 Å². The highest BCUT2D eigenvalue weighted by molar-refractivity contribution is 5.56. The summed E-state index contributed by atoms with van der Waals surface area (Å²) in [6.07, 6.45) is 2.56. The molecule has 0 aromatic heterocycles. The van der Waals surface area contributed by atoms with Crippen LogP contribution in [0.4, 0.5) is 8.78 Å². The number of hydrogen-bond donors (Lipinski definition) is 0. The third-order valence-corrected chi connectivity index (χ3v) is 9.15. The molecule has 0 spiro atoms. The Hall–Kier alpha value is -4.10. The van der Waals surface area contributed by atoms with Crippen LogP contribution in [0.15, 0.2) is 72.8 Å². The summed E-state index contributed by atoms with van der Waals surface area (Å²) in [5.74, 6) is 2.69. The van der Waals surface area contributed by atoms with E-state index in [9.17, 15) is 8.78 Å². The normalized spacial score (nSPS) is 18.8. The third kappa shape index (κ3) is 4.66. The van der Waals surface area contributed by atoms with E-state index in [2.05, 4.69) is 23.1 Å². The van der Waals surface area contributed by atoms with Crippen LogP contribution in [0.25, 0.3) is 0 Å². The van der Waals surface area contributed by atoms with E-state index >= 15 is 0 Å². The molecule has 2 atom stereocenters. The van der Waals surface area contributed by atoms with Crippen LogP contribution < -0.4 is 18.9 Å². The lowest BCUT2D eigenvalue weighted by Gasteiger charge is -2.47. The molecule has 4 aromatic rings. The van der Waals surface area contributed by atoms with Gasteiger partial charge in [-0.25, -0.2) is 8.78 Å². The van der Waals surface area contributed by atoms with Crippen molar-refractivity contribution < 1.29 is 27.7 Å². The minimum Gasteiger partial charge on any atom is -0.493 e. The van der Waals surface area contributed by atoms with E-state index in [1.807, 2.05) is 30.3 Å². The fourth-order valence-corrected chi connectivity index (χ4v) is 7.21. The SMILES string of the molecule is COc1ccc2c(c1OC)CN1CCc3cc4c(cc3C1C2CCC(c1ccc(F)cc1)c1ccc(F)cc1)OCO4. The number of nitrogens with zero attached hydrogens (tertiary/aromatic N) is 1. The Balaban J connectivity index is 1.32. The number of hydrogen-bond acceptors (Lipinski definition) is 5. The van der Waals surface area contributed by atoms with Crippen LogP contribution in [-0.4, -0.2) is 32.5 Å². The fraction of sp³-hybridized carbons (Fsp3) is 0.314. The van der Waals surface area contributed by atoms with Gasteiger partial charge in [-0.15, -0.1) is 0 Å². The van der Waals surface area contributed by atoms with Gasteiger partial charge < -0.3 is 18.9 Å². The van der Waals surface area contributed by atoms with E-state index in [4.69, 9.17) is 18.9 Å². The second kappa shape index (κ2) is 11.0. The zero-order valence-electron chi connectivity index (χ0n) is 23.7. The molecule has 0 N–H and O–H groups in total. The molecule has 7 heteroatoms. The molecule has 5 nitrogen and oxygen atoms in total.